The number of amides is 2. The van der Waals surface area contributed by atoms with Gasteiger partial charge < -0.3 is 0 Å². The lowest BCUT2D eigenvalue weighted by atomic mass is 10.1. The molecule has 36 heavy (non-hydrogen) atoms. The molecule has 0 aliphatic rings. The van der Waals surface area contributed by atoms with Crippen LogP contribution in [0.25, 0.3) is 28.3 Å². The van der Waals surface area contributed by atoms with E-state index >= 15 is 0 Å². The highest BCUT2D eigenvalue weighted by Crippen LogP contribution is 2.27. The summed E-state index contributed by atoms with van der Waals surface area (Å²) in [7, 11) is 0. The molecule has 0 aliphatic carbocycles. The Balaban J connectivity index is 1.23. The Labute approximate surface area is 210 Å². The van der Waals surface area contributed by atoms with Crippen molar-refractivity contribution in [2.75, 3.05) is 5.75 Å². The number of hydrogen-bond acceptors (Lipinski definition) is 6. The van der Waals surface area contributed by atoms with E-state index in [2.05, 4.69) is 31.2 Å². The van der Waals surface area contributed by atoms with Crippen molar-refractivity contribution in [3.63, 3.8) is 0 Å². The first-order chi connectivity index (χ1) is 17.7. The van der Waals surface area contributed by atoms with Crippen LogP contribution < -0.4 is 10.9 Å². The minimum atomic E-state index is -0.498. The topological polar surface area (TPSA) is 118 Å². The first-order valence-electron chi connectivity index (χ1n) is 11.1. The largest absolute Gasteiger partial charge is 0.287 e. The first kappa shape index (κ1) is 23.1. The van der Waals surface area contributed by atoms with Crippen LogP contribution >= 0.6 is 11.8 Å². The molecule has 0 bridgehead atoms. The van der Waals surface area contributed by atoms with Gasteiger partial charge in [-0.25, -0.2) is 0 Å². The van der Waals surface area contributed by atoms with Gasteiger partial charge in [0.05, 0.1) is 11.4 Å². The van der Waals surface area contributed by atoms with Gasteiger partial charge in [-0.3, -0.25) is 30.1 Å². The Morgan fingerprint density at radius 1 is 0.806 bits per heavy atom. The van der Waals surface area contributed by atoms with E-state index in [0.29, 0.717) is 16.7 Å². The smallest absolute Gasteiger partial charge is 0.272 e. The number of rotatable bonds is 7. The van der Waals surface area contributed by atoms with Crippen LogP contribution in [0.5, 0.6) is 0 Å². The van der Waals surface area contributed by atoms with Gasteiger partial charge in [-0.05, 0) is 18.2 Å². The fourth-order valence-corrected chi connectivity index (χ4v) is 4.25. The SMILES string of the molecule is O=C(CSc1nnc(-c2ccccc2)n1-c1ccccc1)NNC(=O)c1cc(-c2ccccc2)n[nH]1. The molecule has 0 atom stereocenters. The van der Waals surface area contributed by atoms with E-state index in [0.717, 1.165) is 16.8 Å². The van der Waals surface area contributed by atoms with Crippen molar-refractivity contribution in [3.8, 4) is 28.3 Å². The molecule has 9 nitrogen and oxygen atoms in total. The lowest BCUT2D eigenvalue weighted by Gasteiger charge is -2.10. The molecule has 2 aromatic heterocycles. The van der Waals surface area contributed by atoms with Crippen molar-refractivity contribution in [1.82, 2.24) is 35.8 Å². The van der Waals surface area contributed by atoms with Gasteiger partial charge in [0.2, 0.25) is 5.91 Å². The number of hydrogen-bond donors (Lipinski definition) is 3. The van der Waals surface area contributed by atoms with Gasteiger partial charge in [0, 0.05) is 16.8 Å². The van der Waals surface area contributed by atoms with Gasteiger partial charge in [0.1, 0.15) is 5.69 Å². The van der Waals surface area contributed by atoms with Gasteiger partial charge in [0.15, 0.2) is 11.0 Å². The number of nitrogens with zero attached hydrogens (tertiary/aromatic N) is 4. The van der Waals surface area contributed by atoms with Crippen LogP contribution in [0.1, 0.15) is 10.5 Å². The normalized spacial score (nSPS) is 10.7. The summed E-state index contributed by atoms with van der Waals surface area (Å²) in [5.41, 5.74) is 8.39. The Morgan fingerprint density at radius 2 is 1.44 bits per heavy atom. The summed E-state index contributed by atoms with van der Waals surface area (Å²) < 4.78 is 1.90. The maximum atomic E-state index is 12.5. The number of aromatic nitrogens is 5. The van der Waals surface area contributed by atoms with Crippen LogP contribution in [0.4, 0.5) is 0 Å². The molecule has 0 saturated heterocycles. The maximum Gasteiger partial charge on any atom is 0.287 e. The summed E-state index contributed by atoms with van der Waals surface area (Å²) in [5.74, 6) is -0.188. The van der Waals surface area contributed by atoms with Crippen molar-refractivity contribution >= 4 is 23.6 Å². The molecular weight excluding hydrogens is 474 g/mol. The standard InChI is InChI=1S/C26H21N7O2S/c34-23(29-31-25(35)22-16-21(27-28-22)18-10-4-1-5-11-18)17-36-26-32-30-24(19-12-6-2-7-13-19)33(26)20-14-8-3-9-15-20/h1-16H,17H2,(H,27,28)(H,29,34)(H,31,35). The summed E-state index contributed by atoms with van der Waals surface area (Å²) >= 11 is 1.22. The molecule has 0 saturated carbocycles. The molecule has 10 heteroatoms. The summed E-state index contributed by atoms with van der Waals surface area (Å²) in [5, 5.41) is 16.1. The molecule has 3 N–H and O–H groups in total. The Morgan fingerprint density at radius 3 is 2.14 bits per heavy atom. The van der Waals surface area contributed by atoms with Crippen LogP contribution in [0.2, 0.25) is 0 Å². The number of nitrogens with one attached hydrogen (secondary N) is 3. The number of benzene rings is 3. The number of carbonyl (C=O) groups is 2. The molecule has 5 aromatic rings. The van der Waals surface area contributed by atoms with E-state index in [-0.39, 0.29) is 17.4 Å². The van der Waals surface area contributed by atoms with E-state index in [4.69, 9.17) is 0 Å². The lowest BCUT2D eigenvalue weighted by Crippen LogP contribution is -2.42. The van der Waals surface area contributed by atoms with Crippen LogP contribution in [-0.2, 0) is 4.79 Å². The third-order valence-electron chi connectivity index (χ3n) is 5.22. The van der Waals surface area contributed by atoms with Crippen LogP contribution in [0.3, 0.4) is 0 Å². The minimum Gasteiger partial charge on any atom is -0.272 e. The van der Waals surface area contributed by atoms with E-state index in [1.165, 1.54) is 11.8 Å². The Kier molecular flexibility index (Phi) is 6.86. The van der Waals surface area contributed by atoms with Crippen molar-refractivity contribution in [2.45, 2.75) is 5.16 Å². The summed E-state index contributed by atoms with van der Waals surface area (Å²) in [4.78, 5) is 24.9. The fraction of sp³-hybridized carbons (Fsp3) is 0.0385. The van der Waals surface area contributed by atoms with E-state index in [1.54, 1.807) is 6.07 Å². The van der Waals surface area contributed by atoms with Gasteiger partial charge in [-0.2, -0.15) is 5.10 Å². The second-order valence-corrected chi connectivity index (χ2v) is 8.61. The molecule has 3 aromatic carbocycles. The molecule has 0 spiro atoms. The number of hydrazine groups is 1. The minimum absolute atomic E-state index is 0.0261. The molecule has 0 aliphatic heterocycles. The quantitative estimate of drug-likeness (QED) is 0.233. The summed E-state index contributed by atoms with van der Waals surface area (Å²) in [6.45, 7) is 0. The highest BCUT2D eigenvalue weighted by atomic mass is 32.2. The monoisotopic (exact) mass is 495 g/mol. The van der Waals surface area contributed by atoms with Crippen LogP contribution in [0.15, 0.2) is 102 Å². The molecule has 0 fully saturated rings. The van der Waals surface area contributed by atoms with Crippen molar-refractivity contribution in [1.29, 1.82) is 0 Å². The highest BCUT2D eigenvalue weighted by molar-refractivity contribution is 7.99. The Bertz CT molecular complexity index is 1470. The molecule has 2 amide bonds. The second kappa shape index (κ2) is 10.7. The molecule has 5 rings (SSSR count). The number of para-hydroxylation sites is 1. The number of carbonyl (C=O) groups excluding carboxylic acids is 2. The molecule has 0 radical (unpaired) electrons. The predicted molar refractivity (Wildman–Crippen MR) is 137 cm³/mol. The summed E-state index contributed by atoms with van der Waals surface area (Å²) in [6.07, 6.45) is 0. The molecule has 178 valence electrons. The zero-order valence-electron chi connectivity index (χ0n) is 19.0. The average molecular weight is 496 g/mol. The van der Waals surface area contributed by atoms with Gasteiger partial charge in [-0.15, -0.1) is 10.2 Å². The number of aromatic amines is 1. The Hall–Kier alpha value is -4.70. The molecule has 2 heterocycles. The van der Waals surface area contributed by atoms with Crippen LogP contribution in [-0.4, -0.2) is 42.5 Å². The van der Waals surface area contributed by atoms with Gasteiger partial charge in [-0.1, -0.05) is 90.6 Å². The maximum absolute atomic E-state index is 12.5. The number of thioether (sulfide) groups is 1. The van der Waals surface area contributed by atoms with E-state index in [1.807, 2.05) is 95.6 Å². The van der Waals surface area contributed by atoms with Gasteiger partial charge in [0.25, 0.3) is 5.91 Å². The third kappa shape index (κ3) is 5.18. The number of H-pyrrole nitrogens is 1. The van der Waals surface area contributed by atoms with Crippen molar-refractivity contribution in [3.05, 3.63) is 103 Å². The highest BCUT2D eigenvalue weighted by Gasteiger charge is 2.18. The zero-order valence-corrected chi connectivity index (χ0v) is 19.8. The predicted octanol–water partition coefficient (Wildman–Crippen LogP) is 3.88. The van der Waals surface area contributed by atoms with Crippen molar-refractivity contribution in [2.24, 2.45) is 0 Å². The van der Waals surface area contributed by atoms with E-state index in [9.17, 15) is 9.59 Å². The third-order valence-corrected chi connectivity index (χ3v) is 6.15. The average Bonchev–Trinajstić information content (AvgIpc) is 3.60. The first-order valence-corrected chi connectivity index (χ1v) is 12.1. The van der Waals surface area contributed by atoms with Crippen molar-refractivity contribution < 1.29 is 9.59 Å². The molecular formula is C26H21N7O2S. The lowest BCUT2D eigenvalue weighted by molar-refractivity contribution is -0.119. The van der Waals surface area contributed by atoms with Crippen LogP contribution in [0, 0.1) is 0 Å². The molecule has 0 unspecified atom stereocenters. The van der Waals surface area contributed by atoms with Gasteiger partial charge >= 0.3 is 0 Å². The zero-order chi connectivity index (χ0) is 24.7. The fourth-order valence-electron chi connectivity index (χ4n) is 3.50. The summed E-state index contributed by atoms with van der Waals surface area (Å²) in [6, 6.07) is 30.5. The second-order valence-electron chi connectivity index (χ2n) is 7.67. The van der Waals surface area contributed by atoms with E-state index < -0.39 is 5.91 Å².